The number of benzene rings is 1. The van der Waals surface area contributed by atoms with Crippen molar-refractivity contribution < 1.29 is 22.4 Å². The SMILES string of the molecule is C#CCNCCCNC(=O)c1c(C)cc(Nc2nccn3c(-c4cn(CC#C)nc4C(F)(F)F)cnc23)cc1F. The zero-order chi connectivity index (χ0) is 28.9. The van der Waals surface area contributed by atoms with Gasteiger partial charge in [0.2, 0.25) is 0 Å². The van der Waals surface area contributed by atoms with Crippen molar-refractivity contribution in [1.82, 2.24) is 34.8 Å². The molecule has 0 atom stereocenters. The van der Waals surface area contributed by atoms with E-state index < -0.39 is 23.6 Å². The second kappa shape index (κ2) is 11.9. The first-order chi connectivity index (χ1) is 19.1. The lowest BCUT2D eigenvalue weighted by Gasteiger charge is -2.13. The highest BCUT2D eigenvalue weighted by atomic mass is 19.4. The Kier molecular flexibility index (Phi) is 8.36. The molecule has 3 aromatic heterocycles. The van der Waals surface area contributed by atoms with Crippen molar-refractivity contribution in [3.8, 4) is 35.9 Å². The molecule has 0 radical (unpaired) electrons. The Morgan fingerprint density at radius 2 is 1.95 bits per heavy atom. The van der Waals surface area contributed by atoms with Crippen LogP contribution in [0.3, 0.4) is 0 Å². The second-order valence-electron chi connectivity index (χ2n) is 8.67. The molecule has 13 heteroatoms. The van der Waals surface area contributed by atoms with Crippen molar-refractivity contribution in [2.24, 2.45) is 0 Å². The first-order valence-electron chi connectivity index (χ1n) is 12.0. The number of terminal acetylenes is 2. The van der Waals surface area contributed by atoms with Gasteiger partial charge in [0.25, 0.3) is 5.91 Å². The number of fused-ring (bicyclic) bond motifs is 1. The van der Waals surface area contributed by atoms with Crippen molar-refractivity contribution in [2.45, 2.75) is 26.1 Å². The molecule has 0 spiro atoms. The van der Waals surface area contributed by atoms with Crippen LogP contribution in [-0.4, -0.2) is 49.7 Å². The number of aryl methyl sites for hydroxylation is 1. The van der Waals surface area contributed by atoms with E-state index in [4.69, 9.17) is 12.8 Å². The van der Waals surface area contributed by atoms with Gasteiger partial charge in [-0.25, -0.2) is 14.4 Å². The number of rotatable bonds is 10. The van der Waals surface area contributed by atoms with E-state index in [1.807, 2.05) is 0 Å². The highest BCUT2D eigenvalue weighted by Gasteiger charge is 2.38. The second-order valence-corrected chi connectivity index (χ2v) is 8.67. The van der Waals surface area contributed by atoms with Crippen LogP contribution in [0, 0.1) is 37.4 Å². The first-order valence-corrected chi connectivity index (χ1v) is 12.0. The van der Waals surface area contributed by atoms with Gasteiger partial charge in [0.15, 0.2) is 17.2 Å². The molecular weight excluding hydrogens is 528 g/mol. The number of hydrogen-bond donors (Lipinski definition) is 3. The van der Waals surface area contributed by atoms with Crippen LogP contribution < -0.4 is 16.0 Å². The fourth-order valence-electron chi connectivity index (χ4n) is 4.10. The normalized spacial score (nSPS) is 11.3. The number of amides is 1. The maximum Gasteiger partial charge on any atom is 0.435 e. The Hall–Kier alpha value is -4.88. The van der Waals surface area contributed by atoms with Gasteiger partial charge in [0, 0.05) is 30.8 Å². The third-order valence-corrected chi connectivity index (χ3v) is 5.81. The van der Waals surface area contributed by atoms with E-state index in [0.717, 1.165) is 10.7 Å². The largest absolute Gasteiger partial charge is 0.435 e. The van der Waals surface area contributed by atoms with Gasteiger partial charge in [-0.15, -0.1) is 12.8 Å². The molecule has 3 heterocycles. The molecule has 0 unspecified atom stereocenters. The number of anilines is 2. The molecule has 0 saturated heterocycles. The molecule has 0 fully saturated rings. The summed E-state index contributed by atoms with van der Waals surface area (Å²) in [7, 11) is 0. The van der Waals surface area contributed by atoms with Crippen LogP contribution >= 0.6 is 0 Å². The highest BCUT2D eigenvalue weighted by molar-refractivity contribution is 5.96. The monoisotopic (exact) mass is 552 g/mol. The van der Waals surface area contributed by atoms with Crippen molar-refractivity contribution >= 4 is 23.1 Å². The number of hydrogen-bond acceptors (Lipinski definition) is 6. The van der Waals surface area contributed by atoms with Crippen LogP contribution in [0.5, 0.6) is 0 Å². The van der Waals surface area contributed by atoms with E-state index in [0.29, 0.717) is 31.6 Å². The van der Waals surface area contributed by atoms with Crippen LogP contribution in [0.2, 0.25) is 0 Å². The molecule has 3 N–H and O–H groups in total. The Bertz CT molecular complexity index is 1600. The fraction of sp³-hybridized carbons (Fsp3) is 0.259. The molecular formula is C27H24F4N8O. The summed E-state index contributed by atoms with van der Waals surface area (Å²) in [4.78, 5) is 21.0. The maximum atomic E-state index is 15.0. The molecule has 0 aliphatic heterocycles. The lowest BCUT2D eigenvalue weighted by molar-refractivity contribution is -0.141. The van der Waals surface area contributed by atoms with E-state index in [-0.39, 0.29) is 40.5 Å². The molecule has 9 nitrogen and oxygen atoms in total. The number of imidazole rings is 1. The molecule has 0 bridgehead atoms. The van der Waals surface area contributed by atoms with E-state index in [9.17, 15) is 22.4 Å². The Morgan fingerprint density at radius 3 is 2.65 bits per heavy atom. The Balaban J connectivity index is 1.58. The van der Waals surface area contributed by atoms with Gasteiger partial charge in [0.1, 0.15) is 12.4 Å². The Labute approximate surface area is 227 Å². The Morgan fingerprint density at radius 1 is 1.15 bits per heavy atom. The lowest BCUT2D eigenvalue weighted by atomic mass is 10.1. The lowest BCUT2D eigenvalue weighted by Crippen LogP contribution is -2.28. The molecule has 40 heavy (non-hydrogen) atoms. The average Bonchev–Trinajstić information content (AvgIpc) is 3.51. The van der Waals surface area contributed by atoms with E-state index in [1.54, 1.807) is 13.0 Å². The van der Waals surface area contributed by atoms with Gasteiger partial charge < -0.3 is 16.0 Å². The van der Waals surface area contributed by atoms with Crippen LogP contribution in [0.1, 0.15) is 28.0 Å². The molecule has 0 aliphatic rings. The molecule has 1 amide bonds. The summed E-state index contributed by atoms with van der Waals surface area (Å²) in [5, 5.41) is 12.2. The summed E-state index contributed by atoms with van der Waals surface area (Å²) in [6, 6.07) is 2.70. The summed E-state index contributed by atoms with van der Waals surface area (Å²) >= 11 is 0. The number of aromatic nitrogens is 5. The van der Waals surface area contributed by atoms with Gasteiger partial charge >= 0.3 is 6.18 Å². The number of alkyl halides is 3. The maximum absolute atomic E-state index is 15.0. The number of halogens is 4. The summed E-state index contributed by atoms with van der Waals surface area (Å²) in [5.74, 6) is 3.56. The van der Waals surface area contributed by atoms with Crippen molar-refractivity contribution in [3.05, 3.63) is 59.6 Å². The van der Waals surface area contributed by atoms with E-state index >= 15 is 0 Å². The number of nitrogens with zero attached hydrogens (tertiary/aromatic N) is 5. The minimum absolute atomic E-state index is 0.0972. The number of carbonyl (C=O) groups is 1. The fourth-order valence-corrected chi connectivity index (χ4v) is 4.10. The van der Waals surface area contributed by atoms with Crippen molar-refractivity contribution in [2.75, 3.05) is 25.0 Å². The van der Waals surface area contributed by atoms with Gasteiger partial charge in [0.05, 0.1) is 29.6 Å². The molecule has 0 aliphatic carbocycles. The molecule has 206 valence electrons. The average molecular weight is 553 g/mol. The van der Waals surface area contributed by atoms with Gasteiger partial charge in [-0.3, -0.25) is 13.9 Å². The third kappa shape index (κ3) is 6.06. The van der Waals surface area contributed by atoms with Crippen LogP contribution in [-0.2, 0) is 12.7 Å². The van der Waals surface area contributed by atoms with Crippen LogP contribution in [0.4, 0.5) is 29.1 Å². The molecule has 0 saturated carbocycles. The molecule has 1 aromatic carbocycles. The van der Waals surface area contributed by atoms with Crippen LogP contribution in [0.25, 0.3) is 16.9 Å². The number of nitrogens with one attached hydrogen (secondary N) is 3. The summed E-state index contributed by atoms with van der Waals surface area (Å²) in [6.07, 6.45) is 11.6. The first kappa shape index (κ1) is 28.1. The standard InChI is InChI=1S/C27H24F4N8O/c1-4-7-32-8-6-9-34-26(40)22-17(3)13-18(14-20(22)28)36-24-25-35-15-21(39(25)12-10-33-24)19-16-38(11-5-2)37-23(19)27(29,30)31/h1-2,10,12-16,32H,6-9,11H2,3H3,(H,33,36)(H,34,40). The van der Waals surface area contributed by atoms with Crippen LogP contribution in [0.15, 0.2) is 36.9 Å². The number of carbonyl (C=O) groups excluding carboxylic acids is 1. The quantitative estimate of drug-likeness (QED) is 0.157. The van der Waals surface area contributed by atoms with E-state index in [1.165, 1.54) is 29.2 Å². The smallest absolute Gasteiger partial charge is 0.352 e. The van der Waals surface area contributed by atoms with Crippen molar-refractivity contribution in [3.63, 3.8) is 0 Å². The van der Waals surface area contributed by atoms with Gasteiger partial charge in [-0.2, -0.15) is 18.3 Å². The predicted molar refractivity (Wildman–Crippen MR) is 141 cm³/mol. The van der Waals surface area contributed by atoms with Gasteiger partial charge in [-0.1, -0.05) is 11.8 Å². The summed E-state index contributed by atoms with van der Waals surface area (Å²) in [6.45, 7) is 2.81. The van der Waals surface area contributed by atoms with E-state index in [2.05, 4.69) is 42.9 Å². The minimum atomic E-state index is -4.73. The summed E-state index contributed by atoms with van der Waals surface area (Å²) < 4.78 is 58.5. The van der Waals surface area contributed by atoms with Crippen molar-refractivity contribution in [1.29, 1.82) is 0 Å². The molecule has 4 rings (SSSR count). The molecule has 4 aromatic rings. The minimum Gasteiger partial charge on any atom is -0.352 e. The zero-order valence-corrected chi connectivity index (χ0v) is 21.3. The highest BCUT2D eigenvalue weighted by Crippen LogP contribution is 2.37. The third-order valence-electron chi connectivity index (χ3n) is 5.81. The summed E-state index contributed by atoms with van der Waals surface area (Å²) in [5.41, 5.74) is -0.471. The van der Waals surface area contributed by atoms with Gasteiger partial charge in [-0.05, 0) is 37.6 Å². The predicted octanol–water partition coefficient (Wildman–Crippen LogP) is 3.78. The zero-order valence-electron chi connectivity index (χ0n) is 21.3. The topological polar surface area (TPSA) is 101 Å².